The van der Waals surface area contributed by atoms with Gasteiger partial charge in [0.1, 0.15) is 5.82 Å². The smallest absolute Gasteiger partial charge is 0.240 e. The molecule has 0 fully saturated rings. The van der Waals surface area contributed by atoms with E-state index >= 15 is 0 Å². The van der Waals surface area contributed by atoms with Crippen molar-refractivity contribution in [2.24, 2.45) is 4.99 Å². The fourth-order valence-electron chi connectivity index (χ4n) is 2.57. The third-order valence-electron chi connectivity index (χ3n) is 4.18. The van der Waals surface area contributed by atoms with E-state index in [0.717, 1.165) is 23.1 Å². The van der Waals surface area contributed by atoms with Gasteiger partial charge in [-0.2, -0.15) is 0 Å². The van der Waals surface area contributed by atoms with Gasteiger partial charge in [-0.05, 0) is 61.3 Å². The molecule has 0 radical (unpaired) electrons. The number of aryl methyl sites for hydroxylation is 1. The van der Waals surface area contributed by atoms with Gasteiger partial charge in [0.05, 0.1) is 4.90 Å². The van der Waals surface area contributed by atoms with Crippen LogP contribution in [0, 0.1) is 12.7 Å². The Morgan fingerprint density at radius 3 is 2.36 bits per heavy atom. The van der Waals surface area contributed by atoms with Crippen molar-refractivity contribution in [3.63, 3.8) is 0 Å². The first-order valence-electron chi connectivity index (χ1n) is 8.57. The largest absolute Gasteiger partial charge is 0.356 e. The van der Waals surface area contributed by atoms with Gasteiger partial charge in [0.2, 0.25) is 10.0 Å². The summed E-state index contributed by atoms with van der Waals surface area (Å²) in [4.78, 5) is 4.40. The number of hydrogen-bond donors (Lipinski definition) is 3. The van der Waals surface area contributed by atoms with E-state index in [1.165, 1.54) is 19.2 Å². The molecule has 28 heavy (non-hydrogen) atoms. The molecule has 0 spiro atoms. The Morgan fingerprint density at radius 2 is 1.79 bits per heavy atom. The van der Waals surface area contributed by atoms with Crippen LogP contribution in [-0.2, 0) is 23.0 Å². The second-order valence-corrected chi connectivity index (χ2v) is 7.91. The van der Waals surface area contributed by atoms with Gasteiger partial charge in [0.25, 0.3) is 0 Å². The molecule has 2 rings (SSSR count). The number of halogens is 2. The van der Waals surface area contributed by atoms with E-state index < -0.39 is 10.0 Å². The van der Waals surface area contributed by atoms with Crippen LogP contribution in [0.2, 0.25) is 0 Å². The maximum Gasteiger partial charge on any atom is 0.240 e. The lowest BCUT2D eigenvalue weighted by molar-refractivity contribution is 0.588. The molecule has 0 aliphatic carbocycles. The van der Waals surface area contributed by atoms with Gasteiger partial charge in [0, 0.05) is 20.1 Å². The highest BCUT2D eigenvalue weighted by Gasteiger charge is 2.10. The van der Waals surface area contributed by atoms with Crippen molar-refractivity contribution in [2.45, 2.75) is 24.8 Å². The topological polar surface area (TPSA) is 82.6 Å². The Bertz CT molecular complexity index is 903. The zero-order chi connectivity index (χ0) is 19.9. The molecule has 0 aliphatic rings. The predicted molar refractivity (Wildman–Crippen MR) is 121 cm³/mol. The number of rotatable bonds is 7. The average molecular weight is 520 g/mol. The normalized spacial score (nSPS) is 11.6. The van der Waals surface area contributed by atoms with E-state index in [1.807, 2.05) is 6.92 Å². The third kappa shape index (κ3) is 7.02. The van der Waals surface area contributed by atoms with Crippen molar-refractivity contribution in [2.75, 3.05) is 20.6 Å². The van der Waals surface area contributed by atoms with Crippen LogP contribution in [0.3, 0.4) is 0 Å². The SMILES string of the molecule is CN=C(NCCc1ccc(F)cc1C)NCc1ccc(S(=O)(=O)NC)cc1.I. The van der Waals surface area contributed by atoms with Crippen LogP contribution in [-0.4, -0.2) is 35.0 Å². The van der Waals surface area contributed by atoms with Gasteiger partial charge < -0.3 is 10.6 Å². The van der Waals surface area contributed by atoms with E-state index in [-0.39, 0.29) is 34.7 Å². The lowest BCUT2D eigenvalue weighted by Gasteiger charge is -2.13. The summed E-state index contributed by atoms with van der Waals surface area (Å²) in [5, 5.41) is 6.40. The number of aliphatic imine (C=N–C) groups is 1. The number of nitrogens with zero attached hydrogens (tertiary/aromatic N) is 1. The Kier molecular flexibility index (Phi) is 9.83. The summed E-state index contributed by atoms with van der Waals surface area (Å²) < 4.78 is 38.9. The Morgan fingerprint density at radius 1 is 1.11 bits per heavy atom. The van der Waals surface area contributed by atoms with Crippen molar-refractivity contribution in [1.82, 2.24) is 15.4 Å². The lowest BCUT2D eigenvalue weighted by atomic mass is 10.1. The van der Waals surface area contributed by atoms with Gasteiger partial charge in [-0.3, -0.25) is 4.99 Å². The third-order valence-corrected chi connectivity index (χ3v) is 5.61. The molecule has 0 heterocycles. The first-order chi connectivity index (χ1) is 12.9. The zero-order valence-corrected chi connectivity index (χ0v) is 19.3. The molecule has 0 unspecified atom stereocenters. The van der Waals surface area contributed by atoms with Crippen molar-refractivity contribution in [3.8, 4) is 0 Å². The van der Waals surface area contributed by atoms with E-state index in [2.05, 4.69) is 20.3 Å². The lowest BCUT2D eigenvalue weighted by Crippen LogP contribution is -2.37. The van der Waals surface area contributed by atoms with Crippen molar-refractivity contribution in [1.29, 1.82) is 0 Å². The van der Waals surface area contributed by atoms with Crippen LogP contribution in [0.15, 0.2) is 52.4 Å². The monoisotopic (exact) mass is 520 g/mol. The van der Waals surface area contributed by atoms with Crippen molar-refractivity contribution >= 4 is 40.0 Å². The molecule has 0 amide bonds. The number of guanidine groups is 1. The summed E-state index contributed by atoms with van der Waals surface area (Å²) in [6, 6.07) is 11.4. The quantitative estimate of drug-likeness (QED) is 0.298. The fourth-order valence-corrected chi connectivity index (χ4v) is 3.30. The molecule has 0 atom stereocenters. The molecule has 0 bridgehead atoms. The van der Waals surface area contributed by atoms with Crippen LogP contribution >= 0.6 is 24.0 Å². The predicted octanol–water partition coefficient (Wildman–Crippen LogP) is 2.57. The molecule has 6 nitrogen and oxygen atoms in total. The minimum atomic E-state index is -3.43. The van der Waals surface area contributed by atoms with Gasteiger partial charge >= 0.3 is 0 Å². The van der Waals surface area contributed by atoms with Gasteiger partial charge in [-0.15, -0.1) is 24.0 Å². The molecule has 2 aromatic rings. The minimum Gasteiger partial charge on any atom is -0.356 e. The minimum absolute atomic E-state index is 0. The molecule has 2 aromatic carbocycles. The molecular weight excluding hydrogens is 494 g/mol. The van der Waals surface area contributed by atoms with Gasteiger partial charge in [-0.25, -0.2) is 17.5 Å². The van der Waals surface area contributed by atoms with Crippen LogP contribution < -0.4 is 15.4 Å². The number of benzene rings is 2. The molecule has 0 saturated heterocycles. The van der Waals surface area contributed by atoms with Gasteiger partial charge in [0.15, 0.2) is 5.96 Å². The van der Waals surface area contributed by atoms with Crippen LogP contribution in [0.4, 0.5) is 4.39 Å². The van der Waals surface area contributed by atoms with Crippen molar-refractivity contribution < 1.29 is 12.8 Å². The molecule has 0 aliphatic heterocycles. The highest BCUT2D eigenvalue weighted by atomic mass is 127. The number of nitrogens with one attached hydrogen (secondary N) is 3. The Labute approximate surface area is 183 Å². The molecule has 9 heteroatoms. The van der Waals surface area contributed by atoms with E-state index in [4.69, 9.17) is 0 Å². The summed E-state index contributed by atoms with van der Waals surface area (Å²) in [5.41, 5.74) is 2.94. The van der Waals surface area contributed by atoms with Gasteiger partial charge in [-0.1, -0.05) is 18.2 Å². The number of hydrogen-bond acceptors (Lipinski definition) is 3. The van der Waals surface area contributed by atoms with E-state index in [0.29, 0.717) is 19.0 Å². The van der Waals surface area contributed by atoms with E-state index in [9.17, 15) is 12.8 Å². The maximum atomic E-state index is 13.1. The van der Waals surface area contributed by atoms with Crippen LogP contribution in [0.25, 0.3) is 0 Å². The Hall–Kier alpha value is -1.72. The second-order valence-electron chi connectivity index (χ2n) is 6.02. The Balaban J connectivity index is 0.00000392. The maximum absolute atomic E-state index is 13.1. The molecular formula is C19H26FIN4O2S. The van der Waals surface area contributed by atoms with E-state index in [1.54, 1.807) is 37.4 Å². The fraction of sp³-hybridized carbons (Fsp3) is 0.316. The molecule has 154 valence electrons. The van der Waals surface area contributed by atoms with Crippen LogP contribution in [0.5, 0.6) is 0 Å². The summed E-state index contributed by atoms with van der Waals surface area (Å²) in [6.45, 7) is 3.06. The standard InChI is InChI=1S/C19H25FN4O2S.HI/c1-14-12-17(20)7-6-16(14)10-11-23-19(21-2)24-13-15-4-8-18(9-5-15)27(25,26)22-3;/h4-9,12,22H,10-11,13H2,1-3H3,(H2,21,23,24);1H. The van der Waals surface area contributed by atoms with Crippen molar-refractivity contribution in [3.05, 3.63) is 65.0 Å². The first kappa shape index (κ1) is 24.3. The summed E-state index contributed by atoms with van der Waals surface area (Å²) >= 11 is 0. The summed E-state index contributed by atoms with van der Waals surface area (Å²) in [7, 11) is -0.361. The highest BCUT2D eigenvalue weighted by molar-refractivity contribution is 14.0. The number of sulfonamides is 1. The second kappa shape index (κ2) is 11.3. The summed E-state index contributed by atoms with van der Waals surface area (Å²) in [5.74, 6) is 0.414. The molecule has 0 saturated carbocycles. The molecule has 3 N–H and O–H groups in total. The van der Waals surface area contributed by atoms with Crippen LogP contribution in [0.1, 0.15) is 16.7 Å². The highest BCUT2D eigenvalue weighted by Crippen LogP contribution is 2.11. The molecule has 0 aromatic heterocycles. The zero-order valence-electron chi connectivity index (χ0n) is 16.1. The first-order valence-corrected chi connectivity index (χ1v) is 10.1. The average Bonchev–Trinajstić information content (AvgIpc) is 2.66. The summed E-state index contributed by atoms with van der Waals surface area (Å²) in [6.07, 6.45) is 0.753.